The first-order valence-corrected chi connectivity index (χ1v) is 11.1. The van der Waals surface area contributed by atoms with Crippen molar-refractivity contribution in [2.75, 3.05) is 29.5 Å². The van der Waals surface area contributed by atoms with Crippen LogP contribution in [-0.4, -0.2) is 39.3 Å². The Labute approximate surface area is 170 Å². The number of nitrogens with one attached hydrogen (secondary N) is 1. The number of anilines is 2. The number of aromatic nitrogens is 1. The van der Waals surface area contributed by atoms with E-state index in [1.165, 1.54) is 4.57 Å². The third kappa shape index (κ3) is 4.97. The molecule has 29 heavy (non-hydrogen) atoms. The van der Waals surface area contributed by atoms with Crippen LogP contribution in [0.3, 0.4) is 0 Å². The highest BCUT2D eigenvalue weighted by atomic mass is 32.2. The van der Waals surface area contributed by atoms with Crippen LogP contribution in [0.2, 0.25) is 0 Å². The number of hydrogen-bond donors (Lipinski definition) is 1. The second kappa shape index (κ2) is 7.90. The summed E-state index contributed by atoms with van der Waals surface area (Å²) in [5.74, 6) is 0.720. The number of rotatable bonds is 8. The van der Waals surface area contributed by atoms with Gasteiger partial charge in [-0.3, -0.25) is 14.3 Å². The van der Waals surface area contributed by atoms with Gasteiger partial charge < -0.3 is 14.2 Å². The lowest BCUT2D eigenvalue weighted by Gasteiger charge is -2.24. The molecule has 8 nitrogen and oxygen atoms in total. The SMILES string of the molecule is Cc1cc(-c2cc(NS(C)(=O)=O)c(OC=O)c(N(C)CC3CC3)c2)cn(C)c1=O. The number of aryl methyl sites for hydroxylation is 2. The van der Waals surface area contributed by atoms with Crippen molar-refractivity contribution in [1.29, 1.82) is 0 Å². The van der Waals surface area contributed by atoms with E-state index < -0.39 is 10.0 Å². The van der Waals surface area contributed by atoms with Gasteiger partial charge in [0.15, 0.2) is 5.75 Å². The van der Waals surface area contributed by atoms with E-state index in [1.54, 1.807) is 32.3 Å². The summed E-state index contributed by atoms with van der Waals surface area (Å²) in [5.41, 5.74) is 2.69. The van der Waals surface area contributed by atoms with Crippen LogP contribution in [-0.2, 0) is 21.9 Å². The third-order valence-corrected chi connectivity index (χ3v) is 5.46. The Bertz CT molecular complexity index is 1080. The highest BCUT2D eigenvalue weighted by Crippen LogP contribution is 2.42. The Kier molecular flexibility index (Phi) is 5.70. The normalized spacial score (nSPS) is 13.8. The van der Waals surface area contributed by atoms with Gasteiger partial charge in [-0.25, -0.2) is 8.42 Å². The Morgan fingerprint density at radius 2 is 1.97 bits per heavy atom. The van der Waals surface area contributed by atoms with Crippen molar-refractivity contribution in [2.45, 2.75) is 19.8 Å². The third-order valence-electron chi connectivity index (χ3n) is 4.87. The van der Waals surface area contributed by atoms with Crippen LogP contribution in [0.4, 0.5) is 11.4 Å². The number of benzene rings is 1. The molecule has 0 amide bonds. The minimum absolute atomic E-state index is 0.102. The summed E-state index contributed by atoms with van der Waals surface area (Å²) >= 11 is 0. The van der Waals surface area contributed by atoms with Gasteiger partial charge in [-0.1, -0.05) is 0 Å². The monoisotopic (exact) mass is 419 g/mol. The molecule has 156 valence electrons. The zero-order valence-electron chi connectivity index (χ0n) is 16.9. The number of hydrogen-bond acceptors (Lipinski definition) is 6. The second-order valence-corrected chi connectivity index (χ2v) is 9.36. The van der Waals surface area contributed by atoms with Gasteiger partial charge in [0.1, 0.15) is 0 Å². The van der Waals surface area contributed by atoms with E-state index >= 15 is 0 Å². The molecule has 1 aromatic heterocycles. The van der Waals surface area contributed by atoms with Crippen molar-refractivity contribution in [3.8, 4) is 16.9 Å². The van der Waals surface area contributed by atoms with Gasteiger partial charge in [0.05, 0.1) is 17.6 Å². The van der Waals surface area contributed by atoms with E-state index in [1.807, 2.05) is 18.0 Å². The van der Waals surface area contributed by atoms with Crippen LogP contribution in [0.25, 0.3) is 11.1 Å². The standard InChI is InChI=1S/C20H25N3O5S/c1-13-7-16(11-23(3)20(13)25)15-8-17(21-29(4,26)27)19(28-12-24)18(9-15)22(2)10-14-5-6-14/h7-9,11-12,14,21H,5-6,10H2,1-4H3. The van der Waals surface area contributed by atoms with E-state index in [2.05, 4.69) is 4.72 Å². The van der Waals surface area contributed by atoms with Gasteiger partial charge in [0.25, 0.3) is 12.0 Å². The molecule has 0 bridgehead atoms. The molecule has 1 aromatic carbocycles. The van der Waals surface area contributed by atoms with Crippen molar-refractivity contribution < 1.29 is 17.9 Å². The minimum atomic E-state index is -3.61. The predicted molar refractivity (Wildman–Crippen MR) is 113 cm³/mol. The summed E-state index contributed by atoms with van der Waals surface area (Å²) in [4.78, 5) is 25.1. The molecule has 0 saturated heterocycles. The largest absolute Gasteiger partial charge is 0.424 e. The Morgan fingerprint density at radius 3 is 2.52 bits per heavy atom. The maximum absolute atomic E-state index is 12.1. The first-order valence-electron chi connectivity index (χ1n) is 9.24. The van der Waals surface area contributed by atoms with Crippen molar-refractivity contribution >= 4 is 27.9 Å². The molecule has 1 aliphatic carbocycles. The van der Waals surface area contributed by atoms with Gasteiger partial charge in [0, 0.05) is 32.4 Å². The highest BCUT2D eigenvalue weighted by Gasteiger charge is 2.26. The minimum Gasteiger partial charge on any atom is -0.424 e. The molecular formula is C20H25N3O5S. The van der Waals surface area contributed by atoms with Gasteiger partial charge in [-0.15, -0.1) is 0 Å². The van der Waals surface area contributed by atoms with Crippen LogP contribution in [0.1, 0.15) is 18.4 Å². The fraction of sp³-hybridized carbons (Fsp3) is 0.400. The molecule has 0 spiro atoms. The summed E-state index contributed by atoms with van der Waals surface area (Å²) in [6.07, 6.45) is 5.01. The molecule has 0 aliphatic heterocycles. The summed E-state index contributed by atoms with van der Waals surface area (Å²) < 4.78 is 32.9. The molecule has 9 heteroatoms. The quantitative estimate of drug-likeness (QED) is 0.658. The van der Waals surface area contributed by atoms with Gasteiger partial charge in [0.2, 0.25) is 10.0 Å². The van der Waals surface area contributed by atoms with Crippen LogP contribution in [0.5, 0.6) is 5.75 Å². The lowest BCUT2D eigenvalue weighted by molar-refractivity contribution is -0.120. The number of pyridine rings is 1. The number of carbonyl (C=O) groups excluding carboxylic acids is 1. The molecule has 2 aromatic rings. The topological polar surface area (TPSA) is 97.7 Å². The zero-order chi connectivity index (χ0) is 21.3. The maximum atomic E-state index is 12.1. The summed E-state index contributed by atoms with van der Waals surface area (Å²) in [7, 11) is -0.0674. The average Bonchev–Trinajstić information content (AvgIpc) is 3.43. The second-order valence-electron chi connectivity index (χ2n) is 7.61. The smallest absolute Gasteiger partial charge is 0.298 e. The molecule has 1 heterocycles. The molecule has 1 fully saturated rings. The van der Waals surface area contributed by atoms with Crippen LogP contribution >= 0.6 is 0 Å². The fourth-order valence-corrected chi connectivity index (χ4v) is 3.88. The van der Waals surface area contributed by atoms with E-state index in [0.29, 0.717) is 22.7 Å². The highest BCUT2D eigenvalue weighted by molar-refractivity contribution is 7.92. The van der Waals surface area contributed by atoms with Crippen LogP contribution in [0, 0.1) is 12.8 Å². The first kappa shape index (κ1) is 20.9. The van der Waals surface area contributed by atoms with E-state index in [-0.39, 0.29) is 23.5 Å². The van der Waals surface area contributed by atoms with E-state index in [4.69, 9.17) is 4.74 Å². The van der Waals surface area contributed by atoms with Crippen molar-refractivity contribution in [3.05, 3.63) is 40.3 Å². The van der Waals surface area contributed by atoms with Crippen LogP contribution in [0.15, 0.2) is 29.2 Å². The Balaban J connectivity index is 2.21. The number of ether oxygens (including phenoxy) is 1. The Hall–Kier alpha value is -2.81. The predicted octanol–water partition coefficient (Wildman–Crippen LogP) is 2.11. The van der Waals surface area contributed by atoms with Gasteiger partial charge in [-0.05, 0) is 55.0 Å². The molecule has 1 saturated carbocycles. The molecule has 1 N–H and O–H groups in total. The van der Waals surface area contributed by atoms with Gasteiger partial charge >= 0.3 is 0 Å². The molecule has 0 radical (unpaired) electrons. The molecular weight excluding hydrogens is 394 g/mol. The average molecular weight is 420 g/mol. The lowest BCUT2D eigenvalue weighted by atomic mass is 10.0. The number of carbonyl (C=O) groups is 1. The van der Waals surface area contributed by atoms with E-state index in [0.717, 1.165) is 31.2 Å². The number of nitrogens with zero attached hydrogens (tertiary/aromatic N) is 2. The molecule has 0 atom stereocenters. The molecule has 1 aliphatic rings. The lowest BCUT2D eigenvalue weighted by Crippen LogP contribution is -2.22. The summed E-state index contributed by atoms with van der Waals surface area (Å²) in [6.45, 7) is 2.78. The van der Waals surface area contributed by atoms with Crippen LogP contribution < -0.4 is 19.9 Å². The van der Waals surface area contributed by atoms with E-state index in [9.17, 15) is 18.0 Å². The first-order chi connectivity index (χ1) is 13.6. The molecule has 3 rings (SSSR count). The number of sulfonamides is 1. The maximum Gasteiger partial charge on any atom is 0.298 e. The summed E-state index contributed by atoms with van der Waals surface area (Å²) in [5, 5.41) is 0. The van der Waals surface area contributed by atoms with Gasteiger partial charge in [-0.2, -0.15) is 0 Å². The fourth-order valence-electron chi connectivity index (χ4n) is 3.33. The zero-order valence-corrected chi connectivity index (χ0v) is 17.7. The Morgan fingerprint density at radius 1 is 1.28 bits per heavy atom. The molecule has 0 unspecified atom stereocenters. The summed E-state index contributed by atoms with van der Waals surface area (Å²) in [6, 6.07) is 5.20. The van der Waals surface area contributed by atoms with Crippen molar-refractivity contribution in [2.24, 2.45) is 13.0 Å². The van der Waals surface area contributed by atoms with Crippen molar-refractivity contribution in [1.82, 2.24) is 4.57 Å². The van der Waals surface area contributed by atoms with Crippen molar-refractivity contribution in [3.63, 3.8) is 0 Å².